The molecule has 0 aliphatic carbocycles. The van der Waals surface area contributed by atoms with E-state index in [0.29, 0.717) is 12.2 Å². The average Bonchev–Trinajstić information content (AvgIpc) is 2.42. The first kappa shape index (κ1) is 17.7. The summed E-state index contributed by atoms with van der Waals surface area (Å²) in [6, 6.07) is 6.06. The Morgan fingerprint density at radius 3 is 2.67 bits per heavy atom. The summed E-state index contributed by atoms with van der Waals surface area (Å²) >= 11 is 0. The fraction of sp³-hybridized carbons (Fsp3) is 0.588. The van der Waals surface area contributed by atoms with Crippen molar-refractivity contribution in [3.05, 3.63) is 29.3 Å². The molecule has 0 aromatic heterocycles. The van der Waals surface area contributed by atoms with Crippen molar-refractivity contribution in [1.82, 2.24) is 10.6 Å². The lowest BCUT2D eigenvalue weighted by atomic mass is 9.81. The van der Waals surface area contributed by atoms with E-state index in [1.165, 1.54) is 0 Å². The summed E-state index contributed by atoms with van der Waals surface area (Å²) < 4.78 is 0. The van der Waals surface area contributed by atoms with E-state index in [-0.39, 0.29) is 11.5 Å². The van der Waals surface area contributed by atoms with Crippen molar-refractivity contribution in [2.45, 2.75) is 45.1 Å². The van der Waals surface area contributed by atoms with Crippen molar-refractivity contribution in [3.8, 4) is 5.75 Å². The van der Waals surface area contributed by atoms with Gasteiger partial charge >= 0.3 is 0 Å². The maximum Gasteiger partial charge on any atom is 0.121 e. The van der Waals surface area contributed by atoms with Gasteiger partial charge in [0.15, 0.2) is 0 Å². The van der Waals surface area contributed by atoms with Crippen molar-refractivity contribution >= 4 is 6.29 Å². The Bertz CT molecular complexity index is 458. The van der Waals surface area contributed by atoms with Crippen LogP contribution in [0.4, 0.5) is 0 Å². The molecule has 0 heterocycles. The fourth-order valence-electron chi connectivity index (χ4n) is 2.36. The standard InChI is InChI=1S/C17H28N2O2/c1-13-5-6-14(11-16(13)21)17(2,3)8-9-19-15(7-10-20)12-18-4/h5-6,10-11,15,18-19,21H,7-9,12H2,1-4H3/t15-/m0/s1. The zero-order valence-electron chi connectivity index (χ0n) is 13.6. The second-order valence-corrected chi connectivity index (χ2v) is 6.25. The van der Waals surface area contributed by atoms with Crippen LogP contribution in [-0.2, 0) is 10.2 Å². The number of likely N-dealkylation sites (N-methyl/N-ethyl adjacent to an activating group) is 1. The summed E-state index contributed by atoms with van der Waals surface area (Å²) in [6.45, 7) is 7.86. The monoisotopic (exact) mass is 292 g/mol. The topological polar surface area (TPSA) is 61.4 Å². The Balaban J connectivity index is 2.59. The Kier molecular flexibility index (Phi) is 6.85. The van der Waals surface area contributed by atoms with Crippen LogP contribution in [-0.4, -0.2) is 37.6 Å². The largest absolute Gasteiger partial charge is 0.508 e. The van der Waals surface area contributed by atoms with Crippen LogP contribution in [0.1, 0.15) is 37.8 Å². The van der Waals surface area contributed by atoms with Gasteiger partial charge in [0.2, 0.25) is 0 Å². The number of nitrogens with one attached hydrogen (secondary N) is 2. The summed E-state index contributed by atoms with van der Waals surface area (Å²) in [4.78, 5) is 10.6. The highest BCUT2D eigenvalue weighted by Crippen LogP contribution is 2.30. The molecule has 0 radical (unpaired) electrons. The number of rotatable bonds is 9. The van der Waals surface area contributed by atoms with Gasteiger partial charge in [0.05, 0.1) is 0 Å². The fourth-order valence-corrected chi connectivity index (χ4v) is 2.36. The van der Waals surface area contributed by atoms with Crippen molar-refractivity contribution in [2.75, 3.05) is 20.1 Å². The van der Waals surface area contributed by atoms with Crippen LogP contribution in [0, 0.1) is 6.92 Å². The third-order valence-electron chi connectivity index (χ3n) is 4.00. The second kappa shape index (κ2) is 8.15. The van der Waals surface area contributed by atoms with Crippen molar-refractivity contribution in [3.63, 3.8) is 0 Å². The molecule has 1 aromatic carbocycles. The molecule has 0 aliphatic heterocycles. The predicted octanol–water partition coefficient (Wildman–Crippen LogP) is 2.13. The van der Waals surface area contributed by atoms with Crippen LogP contribution in [0.2, 0.25) is 0 Å². The molecule has 0 fully saturated rings. The van der Waals surface area contributed by atoms with Crippen LogP contribution in [0.5, 0.6) is 5.75 Å². The van der Waals surface area contributed by atoms with E-state index in [2.05, 4.69) is 30.5 Å². The average molecular weight is 292 g/mol. The van der Waals surface area contributed by atoms with Crippen molar-refractivity contribution in [1.29, 1.82) is 0 Å². The number of aromatic hydroxyl groups is 1. The van der Waals surface area contributed by atoms with E-state index in [1.807, 2.05) is 26.1 Å². The number of hydrogen-bond donors (Lipinski definition) is 3. The molecule has 0 aliphatic rings. The molecule has 0 unspecified atom stereocenters. The normalized spacial score (nSPS) is 13.1. The molecular formula is C17H28N2O2. The van der Waals surface area contributed by atoms with Gasteiger partial charge in [-0.15, -0.1) is 0 Å². The van der Waals surface area contributed by atoms with Crippen molar-refractivity contribution < 1.29 is 9.90 Å². The summed E-state index contributed by atoms with van der Waals surface area (Å²) in [7, 11) is 1.89. The number of phenols is 1. The lowest BCUT2D eigenvalue weighted by molar-refractivity contribution is -0.108. The molecule has 21 heavy (non-hydrogen) atoms. The zero-order chi connectivity index (χ0) is 15.9. The minimum atomic E-state index is -0.0243. The number of aryl methyl sites for hydroxylation is 1. The lowest BCUT2D eigenvalue weighted by Crippen LogP contribution is -2.39. The first-order valence-electron chi connectivity index (χ1n) is 7.52. The van der Waals surface area contributed by atoms with Crippen LogP contribution in [0.15, 0.2) is 18.2 Å². The van der Waals surface area contributed by atoms with Gasteiger partial charge in [-0.3, -0.25) is 0 Å². The van der Waals surface area contributed by atoms with Crippen LogP contribution < -0.4 is 10.6 Å². The number of aldehydes is 1. The summed E-state index contributed by atoms with van der Waals surface area (Å²) in [5.74, 6) is 0.350. The van der Waals surface area contributed by atoms with E-state index < -0.39 is 0 Å². The van der Waals surface area contributed by atoms with Gasteiger partial charge in [-0.1, -0.05) is 26.0 Å². The molecule has 118 valence electrons. The SMILES string of the molecule is CNC[C@H](CC=O)NCCC(C)(C)c1ccc(C)c(O)c1. The number of hydrogen-bond acceptors (Lipinski definition) is 4. The van der Waals surface area contributed by atoms with Gasteiger partial charge in [-0.05, 0) is 49.5 Å². The molecule has 0 saturated carbocycles. The number of carbonyl (C=O) groups excluding carboxylic acids is 1. The molecule has 0 amide bonds. The third-order valence-corrected chi connectivity index (χ3v) is 4.00. The molecule has 1 atom stereocenters. The van der Waals surface area contributed by atoms with E-state index in [0.717, 1.165) is 36.9 Å². The van der Waals surface area contributed by atoms with E-state index >= 15 is 0 Å². The molecular weight excluding hydrogens is 264 g/mol. The van der Waals surface area contributed by atoms with Gasteiger partial charge in [-0.25, -0.2) is 0 Å². The first-order chi connectivity index (χ1) is 9.90. The van der Waals surface area contributed by atoms with Gasteiger partial charge in [0.1, 0.15) is 12.0 Å². The molecule has 4 nitrogen and oxygen atoms in total. The van der Waals surface area contributed by atoms with E-state index in [4.69, 9.17) is 0 Å². The van der Waals surface area contributed by atoms with Crippen LogP contribution >= 0.6 is 0 Å². The third kappa shape index (κ3) is 5.48. The highest BCUT2D eigenvalue weighted by atomic mass is 16.3. The van der Waals surface area contributed by atoms with Crippen LogP contribution in [0.3, 0.4) is 0 Å². The van der Waals surface area contributed by atoms with Gasteiger partial charge in [-0.2, -0.15) is 0 Å². The zero-order valence-corrected chi connectivity index (χ0v) is 13.6. The van der Waals surface area contributed by atoms with Gasteiger partial charge in [0.25, 0.3) is 0 Å². The second-order valence-electron chi connectivity index (χ2n) is 6.25. The maximum absolute atomic E-state index is 10.6. The first-order valence-corrected chi connectivity index (χ1v) is 7.52. The highest BCUT2D eigenvalue weighted by molar-refractivity contribution is 5.50. The molecule has 1 rings (SSSR count). The van der Waals surface area contributed by atoms with E-state index in [1.54, 1.807) is 0 Å². The predicted molar refractivity (Wildman–Crippen MR) is 86.9 cm³/mol. The minimum absolute atomic E-state index is 0.0243. The maximum atomic E-state index is 10.6. The summed E-state index contributed by atoms with van der Waals surface area (Å²) in [5.41, 5.74) is 2.00. The smallest absolute Gasteiger partial charge is 0.121 e. The summed E-state index contributed by atoms with van der Waals surface area (Å²) in [5, 5.41) is 16.4. The Labute approximate surface area is 128 Å². The lowest BCUT2D eigenvalue weighted by Gasteiger charge is -2.27. The van der Waals surface area contributed by atoms with E-state index in [9.17, 15) is 9.90 Å². The Hall–Kier alpha value is -1.39. The van der Waals surface area contributed by atoms with Crippen molar-refractivity contribution in [2.24, 2.45) is 0 Å². The van der Waals surface area contributed by atoms with Gasteiger partial charge in [0, 0.05) is 19.0 Å². The molecule has 0 spiro atoms. The molecule has 4 heteroatoms. The number of phenolic OH excluding ortho intramolecular Hbond substituents is 1. The quantitative estimate of drug-likeness (QED) is 0.610. The minimum Gasteiger partial charge on any atom is -0.508 e. The number of benzene rings is 1. The summed E-state index contributed by atoms with van der Waals surface area (Å²) in [6.07, 6.45) is 2.42. The van der Waals surface area contributed by atoms with Crippen LogP contribution in [0.25, 0.3) is 0 Å². The molecule has 0 saturated heterocycles. The molecule has 1 aromatic rings. The molecule has 3 N–H and O–H groups in total. The van der Waals surface area contributed by atoms with Gasteiger partial charge < -0.3 is 20.5 Å². The Morgan fingerprint density at radius 1 is 1.38 bits per heavy atom. The number of carbonyl (C=O) groups is 1. The highest BCUT2D eigenvalue weighted by Gasteiger charge is 2.21. The molecule has 0 bridgehead atoms. The Morgan fingerprint density at radius 2 is 2.10 bits per heavy atom.